The monoisotopic (exact) mass is 265 g/mol. The van der Waals surface area contributed by atoms with Crippen molar-refractivity contribution in [1.29, 1.82) is 0 Å². The molecule has 0 saturated carbocycles. The minimum absolute atomic E-state index is 0.352. The zero-order valence-corrected chi connectivity index (χ0v) is 10.1. The quantitative estimate of drug-likeness (QED) is 0.733. The van der Waals surface area contributed by atoms with E-state index in [-0.39, 0.29) is 0 Å². The molecule has 0 saturated heterocycles. The van der Waals surface area contributed by atoms with Crippen LogP contribution in [0.2, 0.25) is 0 Å². The maximum atomic E-state index is 12.0. The van der Waals surface area contributed by atoms with Gasteiger partial charge in [-0.15, -0.1) is 0 Å². The molecule has 0 aliphatic rings. The first-order chi connectivity index (χ1) is 8.52. The molecule has 0 radical (unpaired) electrons. The van der Waals surface area contributed by atoms with Crippen molar-refractivity contribution >= 4 is 16.8 Å². The fraction of sp³-hybridized carbons (Fsp3) is 0.0909. The fourth-order valence-electron chi connectivity index (χ4n) is 1.50. The van der Waals surface area contributed by atoms with E-state index in [1.807, 2.05) is 0 Å². The molecule has 0 aliphatic carbocycles. The molecule has 1 aromatic carbocycles. The summed E-state index contributed by atoms with van der Waals surface area (Å²) in [7, 11) is 1.34. The Bertz CT molecular complexity index is 719. The lowest BCUT2D eigenvalue weighted by Crippen LogP contribution is -2.42. The van der Waals surface area contributed by atoms with Gasteiger partial charge in [-0.2, -0.15) is 5.10 Å². The minimum Gasteiger partial charge on any atom is -0.274 e. The number of aryl methyl sites for hydroxylation is 1. The number of aromatic nitrogens is 3. The Morgan fingerprint density at radius 2 is 1.83 bits per heavy atom. The molecule has 0 amide bonds. The van der Waals surface area contributed by atoms with Crippen LogP contribution in [0.3, 0.4) is 0 Å². The van der Waals surface area contributed by atoms with Crippen molar-refractivity contribution in [3.8, 4) is 5.69 Å². The summed E-state index contributed by atoms with van der Waals surface area (Å²) in [4.78, 5) is 34.9. The first-order valence-electron chi connectivity index (χ1n) is 4.98. The smallest absolute Gasteiger partial charge is 0.274 e. The van der Waals surface area contributed by atoms with Crippen LogP contribution in [-0.2, 0) is 7.05 Å². The molecule has 0 N–H and O–H groups in total. The Balaban J connectivity index is 2.87. The number of hydrogen-bond donors (Lipinski definition) is 0. The Morgan fingerprint density at radius 3 is 2.39 bits per heavy atom. The van der Waals surface area contributed by atoms with Gasteiger partial charge in [-0.05, 0) is 23.7 Å². The third-order valence-electron chi connectivity index (χ3n) is 2.32. The molecule has 0 bridgehead atoms. The van der Waals surface area contributed by atoms with Crippen molar-refractivity contribution in [2.45, 2.75) is 0 Å². The number of hydrogen-bond acceptors (Lipinski definition) is 4. The summed E-state index contributed by atoms with van der Waals surface area (Å²) >= 11 is 5.26. The highest BCUT2D eigenvalue weighted by molar-refractivity contribution is 6.67. The van der Waals surface area contributed by atoms with Gasteiger partial charge in [0.05, 0.1) is 5.69 Å². The van der Waals surface area contributed by atoms with Crippen LogP contribution in [0.4, 0.5) is 0 Å². The molecule has 1 heterocycles. The van der Waals surface area contributed by atoms with E-state index in [0.29, 0.717) is 5.69 Å². The summed E-state index contributed by atoms with van der Waals surface area (Å²) in [6.45, 7) is 0. The number of nitrogens with zero attached hydrogens (tertiary/aromatic N) is 3. The summed E-state index contributed by atoms with van der Waals surface area (Å²) in [6.07, 6.45) is 0. The van der Waals surface area contributed by atoms with E-state index in [4.69, 9.17) is 11.6 Å². The molecular weight excluding hydrogens is 258 g/mol. The fourth-order valence-corrected chi connectivity index (χ4v) is 1.62. The normalized spacial score (nSPS) is 10.3. The highest BCUT2D eigenvalue weighted by atomic mass is 35.5. The van der Waals surface area contributed by atoms with Gasteiger partial charge in [-0.1, -0.05) is 18.2 Å². The van der Waals surface area contributed by atoms with Crippen LogP contribution >= 0.6 is 11.6 Å². The molecule has 0 fully saturated rings. The Labute approximate surface area is 106 Å². The van der Waals surface area contributed by atoms with E-state index in [1.54, 1.807) is 30.3 Å². The molecule has 1 aromatic heterocycles. The first-order valence-corrected chi connectivity index (χ1v) is 5.36. The Kier molecular flexibility index (Phi) is 3.12. The van der Waals surface area contributed by atoms with Gasteiger partial charge in [-0.25, -0.2) is 14.0 Å². The van der Waals surface area contributed by atoms with Gasteiger partial charge in [0.15, 0.2) is 0 Å². The number of carbonyl (C=O) groups excluding carboxylic acids is 1. The predicted molar refractivity (Wildman–Crippen MR) is 65.3 cm³/mol. The second-order valence-corrected chi connectivity index (χ2v) is 3.85. The molecule has 2 aromatic rings. The second kappa shape index (κ2) is 4.58. The predicted octanol–water partition coefficient (Wildman–Crippen LogP) is 0.310. The number of benzene rings is 1. The van der Waals surface area contributed by atoms with Crippen LogP contribution in [0.1, 0.15) is 10.5 Å². The zero-order valence-electron chi connectivity index (χ0n) is 9.33. The second-order valence-electron chi connectivity index (χ2n) is 3.50. The number of halogens is 1. The van der Waals surface area contributed by atoms with Crippen molar-refractivity contribution < 1.29 is 4.79 Å². The van der Waals surface area contributed by atoms with Crippen LogP contribution in [0.25, 0.3) is 5.69 Å². The van der Waals surface area contributed by atoms with E-state index in [2.05, 4.69) is 5.10 Å². The number of para-hydroxylation sites is 1. The van der Waals surface area contributed by atoms with Crippen molar-refractivity contribution in [2.75, 3.05) is 0 Å². The largest absolute Gasteiger partial charge is 0.351 e. The van der Waals surface area contributed by atoms with Crippen LogP contribution in [0.5, 0.6) is 0 Å². The third kappa shape index (κ3) is 1.98. The van der Waals surface area contributed by atoms with Gasteiger partial charge in [0, 0.05) is 7.05 Å². The van der Waals surface area contributed by atoms with Gasteiger partial charge in [-0.3, -0.25) is 9.59 Å². The summed E-state index contributed by atoms with van der Waals surface area (Å²) in [5.41, 5.74) is -1.61. The minimum atomic E-state index is -1.000. The molecule has 0 spiro atoms. The molecule has 7 heteroatoms. The van der Waals surface area contributed by atoms with E-state index >= 15 is 0 Å². The van der Waals surface area contributed by atoms with Gasteiger partial charge < -0.3 is 0 Å². The lowest BCUT2D eigenvalue weighted by atomic mass is 10.3. The summed E-state index contributed by atoms with van der Waals surface area (Å²) in [6, 6.07) is 8.23. The maximum absolute atomic E-state index is 12.0. The summed E-state index contributed by atoms with van der Waals surface area (Å²) < 4.78 is 1.74. The Hall–Kier alpha value is -2.21. The molecule has 0 aliphatic heterocycles. The van der Waals surface area contributed by atoms with E-state index in [0.717, 1.165) is 9.25 Å². The summed E-state index contributed by atoms with van der Waals surface area (Å²) in [5.74, 6) is 0. The summed E-state index contributed by atoms with van der Waals surface area (Å²) in [5, 5.41) is 2.55. The van der Waals surface area contributed by atoms with Crippen molar-refractivity contribution in [1.82, 2.24) is 14.3 Å². The van der Waals surface area contributed by atoms with Crippen molar-refractivity contribution in [2.24, 2.45) is 7.05 Å². The topological polar surface area (TPSA) is 74.0 Å². The lowest BCUT2D eigenvalue weighted by Gasteiger charge is -2.07. The van der Waals surface area contributed by atoms with Gasteiger partial charge in [0.1, 0.15) is 0 Å². The zero-order chi connectivity index (χ0) is 13.3. The average molecular weight is 266 g/mol. The van der Waals surface area contributed by atoms with E-state index in [1.165, 1.54) is 7.05 Å². The van der Waals surface area contributed by atoms with Gasteiger partial charge in [0.2, 0.25) is 5.69 Å². The average Bonchev–Trinajstić information content (AvgIpc) is 2.35. The molecular formula is C11H8ClN3O3. The third-order valence-corrected chi connectivity index (χ3v) is 2.50. The van der Waals surface area contributed by atoms with Crippen LogP contribution in [0, 0.1) is 0 Å². The van der Waals surface area contributed by atoms with Gasteiger partial charge in [0.25, 0.3) is 10.8 Å². The molecule has 0 unspecified atom stereocenters. The standard InChI is InChI=1S/C11H8ClN3O3/c1-14-11(18)15(7-5-3-2-4-6-7)10(17)8(13-14)9(12)16/h2-6H,1H3. The first kappa shape index (κ1) is 12.3. The van der Waals surface area contributed by atoms with Crippen molar-refractivity contribution in [3.63, 3.8) is 0 Å². The lowest BCUT2D eigenvalue weighted by molar-refractivity contribution is 0.107. The Morgan fingerprint density at radius 1 is 1.22 bits per heavy atom. The molecule has 18 heavy (non-hydrogen) atoms. The molecule has 92 valence electrons. The highest BCUT2D eigenvalue weighted by Crippen LogP contribution is 2.01. The highest BCUT2D eigenvalue weighted by Gasteiger charge is 2.17. The van der Waals surface area contributed by atoms with Crippen LogP contribution in [-0.4, -0.2) is 19.6 Å². The van der Waals surface area contributed by atoms with E-state index in [9.17, 15) is 14.4 Å². The molecule has 2 rings (SSSR count). The van der Waals surface area contributed by atoms with Gasteiger partial charge >= 0.3 is 5.69 Å². The van der Waals surface area contributed by atoms with E-state index < -0.39 is 22.2 Å². The van der Waals surface area contributed by atoms with Crippen LogP contribution in [0.15, 0.2) is 39.9 Å². The molecule has 0 atom stereocenters. The van der Waals surface area contributed by atoms with Crippen molar-refractivity contribution in [3.05, 3.63) is 56.9 Å². The maximum Gasteiger partial charge on any atom is 0.351 e. The van der Waals surface area contributed by atoms with Crippen LogP contribution < -0.4 is 11.2 Å². The molecule has 6 nitrogen and oxygen atoms in total. The number of carbonyl (C=O) groups is 1. The number of rotatable bonds is 2. The SMILES string of the molecule is Cn1nc(C(=O)Cl)c(=O)n(-c2ccccc2)c1=O.